The summed E-state index contributed by atoms with van der Waals surface area (Å²) in [5.74, 6) is -0.267. The Morgan fingerprint density at radius 3 is 1.84 bits per heavy atom. The number of rotatable bonds is 31. The predicted octanol–water partition coefficient (Wildman–Crippen LogP) is 3.94. The van der Waals surface area contributed by atoms with Crippen molar-refractivity contribution in [3.8, 4) is 0 Å². The van der Waals surface area contributed by atoms with E-state index >= 15 is 0 Å². The van der Waals surface area contributed by atoms with E-state index in [0.717, 1.165) is 77.8 Å². The summed E-state index contributed by atoms with van der Waals surface area (Å²) < 4.78 is 16.5. The number of morpholine rings is 1. The second-order valence-corrected chi connectivity index (χ2v) is 15.0. The van der Waals surface area contributed by atoms with Gasteiger partial charge < -0.3 is 50.2 Å². The van der Waals surface area contributed by atoms with Crippen LogP contribution in [0.25, 0.3) is 0 Å². The number of ether oxygens (including phenoxy) is 3. The van der Waals surface area contributed by atoms with E-state index in [1.54, 1.807) is 0 Å². The Morgan fingerprint density at radius 1 is 0.745 bits per heavy atom. The molecule has 5 unspecified atom stereocenters. The topological polar surface area (TPSA) is 181 Å². The second-order valence-electron chi connectivity index (χ2n) is 15.0. The molecule has 0 spiro atoms. The Balaban J connectivity index is 1.70. The first-order chi connectivity index (χ1) is 24.8. The smallest absolute Gasteiger partial charge is 0.220 e. The average Bonchev–Trinajstić information content (AvgIpc) is 3.14. The highest BCUT2D eigenvalue weighted by Gasteiger charge is 2.44. The molecule has 2 fully saturated rings. The van der Waals surface area contributed by atoms with Gasteiger partial charge in [0.15, 0.2) is 6.29 Å². The third kappa shape index (κ3) is 20.4. The zero-order chi connectivity index (χ0) is 37.1. The lowest BCUT2D eigenvalue weighted by molar-refractivity contribution is -0.303. The van der Waals surface area contributed by atoms with Crippen LogP contribution in [-0.4, -0.2) is 136 Å². The van der Waals surface area contributed by atoms with Gasteiger partial charge in [0.05, 0.1) is 38.6 Å². The number of nitrogens with zero attached hydrogens (tertiary/aromatic N) is 1. The number of aliphatic hydroxyl groups is 6. The lowest BCUT2D eigenvalue weighted by Crippen LogP contribution is -2.60. The second kappa shape index (κ2) is 29.4. The minimum Gasteiger partial charge on any atom is -0.394 e. The quantitative estimate of drug-likeness (QED) is 0.0513. The fourth-order valence-corrected chi connectivity index (χ4v) is 7.05. The molecule has 0 aromatic rings. The summed E-state index contributed by atoms with van der Waals surface area (Å²) in [6.07, 6.45) is 14.0. The van der Waals surface area contributed by atoms with Crippen molar-refractivity contribution < 1.29 is 49.6 Å². The molecule has 0 saturated carbocycles. The Kier molecular flexibility index (Phi) is 26.7. The first-order valence-electron chi connectivity index (χ1n) is 20.7. The van der Waals surface area contributed by atoms with E-state index < -0.39 is 55.6 Å². The summed E-state index contributed by atoms with van der Waals surface area (Å²) >= 11 is 0. The van der Waals surface area contributed by atoms with Crippen LogP contribution in [0, 0.1) is 0 Å². The molecular formula is C39H76N2O10. The Bertz CT molecular complexity index is 834. The largest absolute Gasteiger partial charge is 0.394 e. The van der Waals surface area contributed by atoms with E-state index in [4.69, 9.17) is 14.2 Å². The number of nitrogens with one attached hydrogen (secondary N) is 1. The van der Waals surface area contributed by atoms with Gasteiger partial charge in [-0.15, -0.1) is 0 Å². The van der Waals surface area contributed by atoms with Crippen molar-refractivity contribution in [1.29, 1.82) is 0 Å². The van der Waals surface area contributed by atoms with E-state index in [2.05, 4.69) is 17.1 Å². The monoisotopic (exact) mass is 733 g/mol. The Labute approximate surface area is 308 Å². The molecule has 7 N–H and O–H groups in total. The van der Waals surface area contributed by atoms with Gasteiger partial charge in [0.2, 0.25) is 5.91 Å². The molecule has 0 aliphatic carbocycles. The highest BCUT2D eigenvalue weighted by Crippen LogP contribution is 2.23. The van der Waals surface area contributed by atoms with Gasteiger partial charge in [-0.05, 0) is 25.8 Å². The molecule has 2 saturated heterocycles. The summed E-state index contributed by atoms with van der Waals surface area (Å²) in [5, 5.41) is 64.9. The first kappa shape index (κ1) is 46.2. The lowest BCUT2D eigenvalue weighted by atomic mass is 9.98. The first-order valence-corrected chi connectivity index (χ1v) is 20.7. The molecule has 2 rings (SSSR count). The van der Waals surface area contributed by atoms with Crippen molar-refractivity contribution >= 4 is 5.91 Å². The Morgan fingerprint density at radius 2 is 1.27 bits per heavy atom. The molecule has 8 atom stereocenters. The van der Waals surface area contributed by atoms with Crippen molar-refractivity contribution in [1.82, 2.24) is 10.2 Å². The van der Waals surface area contributed by atoms with Gasteiger partial charge >= 0.3 is 0 Å². The fraction of sp³-hybridized carbons (Fsp3) is 0.974. The number of aliphatic hydroxyl groups excluding tert-OH is 6. The number of hydrogen-bond acceptors (Lipinski definition) is 11. The molecule has 12 heteroatoms. The summed E-state index contributed by atoms with van der Waals surface area (Å²) in [4.78, 5) is 15.4. The SMILES string of the molecule is CCCCCCCCCCCCCC[C@@H](O)[C@@H](O)[C@H](COC1OC(CO)C(O)C(O)C1O)NC(=O)CCCCCCCCCCN1CCOCC1. The van der Waals surface area contributed by atoms with Gasteiger partial charge in [-0.2, -0.15) is 0 Å². The molecule has 2 aliphatic rings. The molecular weight excluding hydrogens is 656 g/mol. The summed E-state index contributed by atoms with van der Waals surface area (Å²) in [6, 6.07) is -0.991. The minimum absolute atomic E-state index is 0.267. The number of amides is 1. The molecule has 2 aliphatic heterocycles. The lowest BCUT2D eigenvalue weighted by Gasteiger charge is -2.40. The van der Waals surface area contributed by atoms with Gasteiger partial charge in [-0.3, -0.25) is 9.69 Å². The van der Waals surface area contributed by atoms with Gasteiger partial charge in [0, 0.05) is 19.5 Å². The maximum Gasteiger partial charge on any atom is 0.220 e. The molecule has 0 bridgehead atoms. The molecule has 1 amide bonds. The standard InChI is InChI=1S/C39H76N2O10/c1-2-3-4-5-6-7-8-9-10-13-16-19-22-32(43)35(45)31(30-50-39-38(48)37(47)36(46)33(29-42)51-39)40-34(44)23-20-17-14-11-12-15-18-21-24-41-25-27-49-28-26-41/h31-33,35-39,42-43,45-48H,2-30H2,1H3,(H,40,44)/t31-,32+,33?,35-,36?,37?,38?,39?/m0/s1. The van der Waals surface area contributed by atoms with Crippen LogP contribution in [0.5, 0.6) is 0 Å². The molecule has 0 aromatic carbocycles. The molecule has 12 nitrogen and oxygen atoms in total. The third-order valence-corrected chi connectivity index (χ3v) is 10.5. The van der Waals surface area contributed by atoms with Gasteiger partial charge in [-0.25, -0.2) is 0 Å². The van der Waals surface area contributed by atoms with Crippen LogP contribution in [0.3, 0.4) is 0 Å². The summed E-state index contributed by atoms with van der Waals surface area (Å²) in [5.41, 5.74) is 0. The molecule has 302 valence electrons. The molecule has 51 heavy (non-hydrogen) atoms. The number of hydrogen-bond donors (Lipinski definition) is 7. The minimum atomic E-state index is -1.61. The average molecular weight is 733 g/mol. The third-order valence-electron chi connectivity index (χ3n) is 10.5. The van der Waals surface area contributed by atoms with E-state index in [9.17, 15) is 35.4 Å². The number of carbonyl (C=O) groups excluding carboxylic acids is 1. The maximum atomic E-state index is 12.9. The summed E-state index contributed by atoms with van der Waals surface area (Å²) in [7, 11) is 0. The van der Waals surface area contributed by atoms with Crippen LogP contribution in [0.1, 0.15) is 148 Å². The van der Waals surface area contributed by atoms with Crippen LogP contribution in [0.15, 0.2) is 0 Å². The van der Waals surface area contributed by atoms with E-state index in [-0.39, 0.29) is 18.9 Å². The van der Waals surface area contributed by atoms with Gasteiger partial charge in [0.1, 0.15) is 30.5 Å². The van der Waals surface area contributed by atoms with Crippen LogP contribution in [0.4, 0.5) is 0 Å². The van der Waals surface area contributed by atoms with E-state index in [1.165, 1.54) is 77.0 Å². The zero-order valence-electron chi connectivity index (χ0n) is 31.9. The van der Waals surface area contributed by atoms with Crippen molar-refractivity contribution in [2.75, 3.05) is 46.1 Å². The Hall–Kier alpha value is -0.930. The molecule has 2 heterocycles. The molecule has 0 radical (unpaired) electrons. The van der Waals surface area contributed by atoms with Crippen molar-refractivity contribution in [3.63, 3.8) is 0 Å². The zero-order valence-corrected chi connectivity index (χ0v) is 31.9. The van der Waals surface area contributed by atoms with Gasteiger partial charge in [0.25, 0.3) is 0 Å². The van der Waals surface area contributed by atoms with Crippen molar-refractivity contribution in [2.45, 2.75) is 197 Å². The van der Waals surface area contributed by atoms with Crippen molar-refractivity contribution in [2.24, 2.45) is 0 Å². The van der Waals surface area contributed by atoms with Gasteiger partial charge in [-0.1, -0.05) is 122 Å². The fourth-order valence-electron chi connectivity index (χ4n) is 7.05. The van der Waals surface area contributed by atoms with Crippen molar-refractivity contribution in [3.05, 3.63) is 0 Å². The number of unbranched alkanes of at least 4 members (excludes halogenated alkanes) is 18. The van der Waals surface area contributed by atoms with Crippen LogP contribution in [0.2, 0.25) is 0 Å². The predicted molar refractivity (Wildman–Crippen MR) is 198 cm³/mol. The number of carbonyl (C=O) groups is 1. The summed E-state index contributed by atoms with van der Waals surface area (Å²) in [6.45, 7) is 6.25. The van der Waals surface area contributed by atoms with Crippen LogP contribution < -0.4 is 5.32 Å². The molecule has 0 aromatic heterocycles. The van der Waals surface area contributed by atoms with Crippen LogP contribution in [-0.2, 0) is 19.0 Å². The normalized spacial score (nSPS) is 24.7. The van der Waals surface area contributed by atoms with E-state index in [0.29, 0.717) is 12.8 Å². The van der Waals surface area contributed by atoms with E-state index in [1.807, 2.05) is 0 Å². The van der Waals surface area contributed by atoms with Crippen LogP contribution >= 0.6 is 0 Å². The maximum absolute atomic E-state index is 12.9. The highest BCUT2D eigenvalue weighted by molar-refractivity contribution is 5.76. The highest BCUT2D eigenvalue weighted by atomic mass is 16.7.